The fraction of sp³-hybridized carbons (Fsp3) is 0.378. The fourth-order valence-corrected chi connectivity index (χ4v) is 8.70. The maximum Gasteiger partial charge on any atom is 0.407 e. The number of carbonyl (C=O) groups excluding carboxylic acids is 3. The van der Waals surface area contributed by atoms with Crippen molar-refractivity contribution in [3.05, 3.63) is 84.4 Å². The third-order valence-corrected chi connectivity index (χ3v) is 11.8. The van der Waals surface area contributed by atoms with Crippen LogP contribution in [0.5, 0.6) is 0 Å². The molecule has 0 spiro atoms. The van der Waals surface area contributed by atoms with Gasteiger partial charge in [-0.3, -0.25) is 9.59 Å². The molecule has 0 radical (unpaired) electrons. The van der Waals surface area contributed by atoms with E-state index in [1.54, 1.807) is 16.9 Å². The van der Waals surface area contributed by atoms with Gasteiger partial charge in [-0.2, -0.15) is 0 Å². The van der Waals surface area contributed by atoms with Gasteiger partial charge in [0.15, 0.2) is 0 Å². The van der Waals surface area contributed by atoms with Gasteiger partial charge >= 0.3 is 12.2 Å². The molecule has 4 aromatic carbocycles. The summed E-state index contributed by atoms with van der Waals surface area (Å²) >= 11 is 0. The second kappa shape index (κ2) is 18.0. The average Bonchev–Trinajstić information content (AvgIpc) is 4.11. The van der Waals surface area contributed by atoms with Crippen LogP contribution < -0.4 is 10.6 Å². The van der Waals surface area contributed by atoms with Crippen LogP contribution in [0.15, 0.2) is 72.8 Å². The molecule has 16 nitrogen and oxygen atoms in total. The van der Waals surface area contributed by atoms with Crippen LogP contribution in [0.3, 0.4) is 0 Å². The molecule has 16 heteroatoms. The normalized spacial score (nSPS) is 17.6. The molecule has 6 aromatic rings. The lowest BCUT2D eigenvalue weighted by Crippen LogP contribution is -2.49. The predicted octanol–water partition coefficient (Wildman–Crippen LogP) is 6.69. The van der Waals surface area contributed by atoms with E-state index in [4.69, 9.17) is 24.2 Å². The molecule has 61 heavy (non-hydrogen) atoms. The Morgan fingerprint density at radius 2 is 1.11 bits per heavy atom. The summed E-state index contributed by atoms with van der Waals surface area (Å²) in [5, 5.41) is 16.5. The summed E-state index contributed by atoms with van der Waals surface area (Å²) in [7, 11) is 4.35. The van der Waals surface area contributed by atoms with E-state index >= 15 is 0 Å². The first-order valence-electron chi connectivity index (χ1n) is 20.6. The zero-order chi connectivity index (χ0) is 42.6. The zero-order valence-corrected chi connectivity index (χ0v) is 34.4. The first kappa shape index (κ1) is 41.2. The first-order chi connectivity index (χ1) is 29.6. The number of imidazole rings is 2. The molecule has 0 saturated carbocycles. The Kier molecular flexibility index (Phi) is 12.2. The number of nitrogens with zero attached hydrogens (tertiary/aromatic N) is 4. The number of nitrogens with one attached hydrogen (secondary N) is 4. The monoisotopic (exact) mass is 830 g/mol. The molecule has 1 unspecified atom stereocenters. The first-order valence-corrected chi connectivity index (χ1v) is 20.6. The zero-order valence-electron chi connectivity index (χ0n) is 34.4. The Morgan fingerprint density at radius 1 is 0.672 bits per heavy atom. The van der Waals surface area contributed by atoms with Crippen LogP contribution in [0.1, 0.15) is 62.3 Å². The van der Waals surface area contributed by atoms with E-state index in [1.165, 1.54) is 14.2 Å². The number of carbonyl (C=O) groups is 4. The van der Waals surface area contributed by atoms with Crippen LogP contribution in [-0.4, -0.2) is 119 Å². The van der Waals surface area contributed by atoms with E-state index in [2.05, 4.69) is 75.2 Å². The van der Waals surface area contributed by atoms with Crippen LogP contribution in [0.25, 0.3) is 55.1 Å². The Hall–Kier alpha value is -6.52. The highest BCUT2D eigenvalue weighted by Crippen LogP contribution is 2.36. The number of H-pyrrole nitrogens is 2. The number of aromatic amines is 2. The van der Waals surface area contributed by atoms with Gasteiger partial charge in [-0.15, -0.1) is 0 Å². The van der Waals surface area contributed by atoms with Crippen LogP contribution in [-0.2, 0) is 23.8 Å². The standard InChI is InChI=1S/C45H50N8O8/c1-59-20-16-34(50-44(56)57)42(54)52-18-4-6-38(52)40-46-32-14-12-30(24-36(32)48-40)28-10-8-27-23-29(11-9-26(27)22-28)31-13-15-33-37(25-31)49-41(47-33)39-7-5-19-53(39)43(55)35(17-21-60-2)51-45(58)61-3/h8-15,22-25,34-35,38-39,50H,4-7,16-21H2,1-3H3,(H,46,48)(H,47,49)(H,51,58)(H,56,57)/t34-,35-,38-,39?/m0/s1. The summed E-state index contributed by atoms with van der Waals surface area (Å²) in [5.74, 6) is 0.926. The Labute approximate surface area is 352 Å². The predicted molar refractivity (Wildman–Crippen MR) is 229 cm³/mol. The largest absolute Gasteiger partial charge is 0.465 e. The topological polar surface area (TPSA) is 204 Å². The molecule has 8 rings (SSSR count). The number of alkyl carbamates (subject to hydrolysis) is 1. The van der Waals surface area contributed by atoms with E-state index in [-0.39, 0.29) is 36.9 Å². The number of methoxy groups -OCH3 is 3. The van der Waals surface area contributed by atoms with Gasteiger partial charge < -0.3 is 49.7 Å². The van der Waals surface area contributed by atoms with Gasteiger partial charge in [0.25, 0.3) is 0 Å². The molecule has 2 aliphatic heterocycles. The van der Waals surface area contributed by atoms with Crippen molar-refractivity contribution in [3.8, 4) is 22.3 Å². The summed E-state index contributed by atoms with van der Waals surface area (Å²) in [4.78, 5) is 70.9. The molecule has 2 saturated heterocycles. The van der Waals surface area contributed by atoms with E-state index in [0.717, 1.165) is 80.8 Å². The molecule has 0 bridgehead atoms. The molecular formula is C45H50N8O8. The van der Waals surface area contributed by atoms with Crippen molar-refractivity contribution < 1.29 is 38.5 Å². The summed E-state index contributed by atoms with van der Waals surface area (Å²) in [6.45, 7) is 1.65. The molecular weight excluding hydrogens is 781 g/mol. The molecule has 318 valence electrons. The highest BCUT2D eigenvalue weighted by molar-refractivity contribution is 5.93. The number of hydrogen-bond acceptors (Lipinski definition) is 9. The minimum absolute atomic E-state index is 0.190. The van der Waals surface area contributed by atoms with Crippen molar-refractivity contribution in [3.63, 3.8) is 0 Å². The lowest BCUT2D eigenvalue weighted by molar-refractivity contribution is -0.135. The number of fused-ring (bicyclic) bond motifs is 3. The van der Waals surface area contributed by atoms with Gasteiger partial charge in [-0.05, 0) is 95.1 Å². The number of hydrogen-bond donors (Lipinski definition) is 5. The summed E-state index contributed by atoms with van der Waals surface area (Å²) in [6, 6.07) is 22.8. The number of carboxylic acid groups (broad SMARTS) is 1. The van der Waals surface area contributed by atoms with Crippen molar-refractivity contribution in [2.24, 2.45) is 0 Å². The molecule has 4 heterocycles. The maximum absolute atomic E-state index is 13.7. The summed E-state index contributed by atoms with van der Waals surface area (Å²) in [6.07, 6.45) is 1.75. The second-order valence-electron chi connectivity index (χ2n) is 15.6. The number of rotatable bonds is 14. The molecule has 4 amide bonds. The fourth-order valence-electron chi connectivity index (χ4n) is 8.70. The number of benzene rings is 4. The van der Waals surface area contributed by atoms with Crippen molar-refractivity contribution in [2.45, 2.75) is 62.7 Å². The Bertz CT molecular complexity index is 2590. The minimum Gasteiger partial charge on any atom is -0.465 e. The van der Waals surface area contributed by atoms with Crippen LogP contribution in [0.2, 0.25) is 0 Å². The molecule has 4 atom stereocenters. The van der Waals surface area contributed by atoms with E-state index in [1.807, 2.05) is 18.2 Å². The van der Waals surface area contributed by atoms with Crippen LogP contribution >= 0.6 is 0 Å². The van der Waals surface area contributed by atoms with E-state index in [9.17, 15) is 24.3 Å². The minimum atomic E-state index is -1.25. The van der Waals surface area contributed by atoms with E-state index < -0.39 is 24.3 Å². The van der Waals surface area contributed by atoms with Crippen LogP contribution in [0, 0.1) is 0 Å². The third-order valence-electron chi connectivity index (χ3n) is 11.8. The highest BCUT2D eigenvalue weighted by Gasteiger charge is 2.38. The third kappa shape index (κ3) is 8.72. The van der Waals surface area contributed by atoms with Gasteiger partial charge in [0.05, 0.1) is 41.3 Å². The lowest BCUT2D eigenvalue weighted by atomic mass is 9.97. The van der Waals surface area contributed by atoms with Gasteiger partial charge in [0.2, 0.25) is 11.8 Å². The van der Waals surface area contributed by atoms with Crippen molar-refractivity contribution >= 4 is 56.8 Å². The second-order valence-corrected chi connectivity index (χ2v) is 15.6. The smallest absolute Gasteiger partial charge is 0.407 e. The highest BCUT2D eigenvalue weighted by atomic mass is 16.5. The molecule has 2 aliphatic rings. The number of aromatic nitrogens is 4. The van der Waals surface area contributed by atoms with Gasteiger partial charge in [-0.1, -0.05) is 36.4 Å². The van der Waals surface area contributed by atoms with Gasteiger partial charge in [-0.25, -0.2) is 19.6 Å². The lowest BCUT2D eigenvalue weighted by Gasteiger charge is -2.28. The number of amides is 4. The van der Waals surface area contributed by atoms with Crippen LogP contribution in [0.4, 0.5) is 9.59 Å². The Balaban J connectivity index is 0.984. The molecule has 2 aromatic heterocycles. The SMILES string of the molecule is COCC[C@H](NC(=O)OC)C(=O)N1CCCC1c1nc2cc(-c3ccc4cc(-c5ccc6[nH]c([C@@H]7CCCN7C(=O)[C@H](CCOC)NC(=O)O)nc6c5)ccc4c3)ccc2[nH]1. The number of likely N-dealkylation sites (tertiary alicyclic amines) is 2. The molecule has 0 aliphatic carbocycles. The summed E-state index contributed by atoms with van der Waals surface area (Å²) < 4.78 is 15.1. The molecule has 2 fully saturated rings. The van der Waals surface area contributed by atoms with Gasteiger partial charge in [0.1, 0.15) is 23.7 Å². The molecule has 5 N–H and O–H groups in total. The van der Waals surface area contributed by atoms with Crippen molar-refractivity contribution in [1.29, 1.82) is 0 Å². The Morgan fingerprint density at radius 3 is 1.56 bits per heavy atom. The van der Waals surface area contributed by atoms with Crippen molar-refractivity contribution in [1.82, 2.24) is 40.4 Å². The van der Waals surface area contributed by atoms with E-state index in [0.29, 0.717) is 37.8 Å². The number of ether oxygens (including phenoxy) is 3. The average molecular weight is 831 g/mol. The maximum atomic E-state index is 13.7. The van der Waals surface area contributed by atoms with Crippen molar-refractivity contribution in [2.75, 3.05) is 47.6 Å². The van der Waals surface area contributed by atoms with Gasteiger partial charge in [0, 0.05) is 53.4 Å². The quantitative estimate of drug-likeness (QED) is 0.0787. The summed E-state index contributed by atoms with van der Waals surface area (Å²) in [5.41, 5.74) is 7.44.